The molecule has 9 heteroatoms. The second kappa shape index (κ2) is 6.15. The lowest BCUT2D eigenvalue weighted by atomic mass is 10.3. The Hall–Kier alpha value is -2.97. The Kier molecular flexibility index (Phi) is 4.15. The average Bonchev–Trinajstić information content (AvgIpc) is 2.90. The Morgan fingerprint density at radius 3 is 2.32 bits per heavy atom. The molecule has 25 heavy (non-hydrogen) atoms. The molecule has 0 spiro atoms. The Labute approximate surface area is 137 Å². The molecule has 0 fully saturated rings. The molecular weight excluding hydrogens is 345 g/mol. The molecule has 3 aromatic rings. The van der Waals surface area contributed by atoms with E-state index in [-0.39, 0.29) is 11.0 Å². The van der Waals surface area contributed by atoms with Crippen LogP contribution >= 0.6 is 0 Å². The lowest BCUT2D eigenvalue weighted by molar-refractivity contribution is -0.147. The molecule has 0 unspecified atom stereocenters. The summed E-state index contributed by atoms with van der Waals surface area (Å²) in [7, 11) is 0. The summed E-state index contributed by atoms with van der Waals surface area (Å²) in [6.07, 6.45) is -4.79. The fourth-order valence-corrected chi connectivity index (χ4v) is 2.39. The van der Waals surface area contributed by atoms with Crippen LogP contribution in [0.5, 0.6) is 0 Å². The predicted octanol–water partition coefficient (Wildman–Crippen LogP) is 3.97. The second-order valence-electron chi connectivity index (χ2n) is 5.15. The molecule has 0 atom stereocenters. The minimum absolute atomic E-state index is 0.0553. The molecule has 0 saturated carbocycles. The number of nitrogens with zero attached hydrogens (tertiary/aromatic N) is 2. The number of para-hydroxylation sites is 3. The van der Waals surface area contributed by atoms with Gasteiger partial charge in [-0.15, -0.1) is 0 Å². The number of hydrogen-bond acceptors (Lipinski definition) is 2. The van der Waals surface area contributed by atoms with Gasteiger partial charge in [-0.2, -0.15) is 13.2 Å². The van der Waals surface area contributed by atoms with Crippen molar-refractivity contribution in [2.45, 2.75) is 12.7 Å². The van der Waals surface area contributed by atoms with E-state index in [9.17, 15) is 26.7 Å². The number of aromatic nitrogens is 2. The average molecular weight is 355 g/mol. The molecule has 3 rings (SSSR count). The van der Waals surface area contributed by atoms with Crippen LogP contribution in [0, 0.1) is 11.6 Å². The van der Waals surface area contributed by atoms with Crippen LogP contribution in [0.4, 0.5) is 27.6 Å². The summed E-state index contributed by atoms with van der Waals surface area (Å²) in [4.78, 5) is 15.5. The summed E-state index contributed by atoms with van der Waals surface area (Å²) in [5.74, 6) is -4.34. The zero-order valence-electron chi connectivity index (χ0n) is 12.4. The Morgan fingerprint density at radius 1 is 1.04 bits per heavy atom. The first-order chi connectivity index (χ1) is 11.8. The van der Waals surface area contributed by atoms with Gasteiger partial charge in [0.2, 0.25) is 11.7 Å². The van der Waals surface area contributed by atoms with E-state index in [1.54, 1.807) is 0 Å². The Bertz CT molecular complexity index is 928. The minimum atomic E-state index is -4.79. The quantitative estimate of drug-likeness (QED) is 0.723. The molecule has 1 N–H and O–H groups in total. The third-order valence-electron chi connectivity index (χ3n) is 3.44. The molecule has 2 aromatic carbocycles. The van der Waals surface area contributed by atoms with Crippen molar-refractivity contribution >= 4 is 22.6 Å². The number of imidazole rings is 1. The highest BCUT2D eigenvalue weighted by molar-refractivity contribution is 5.92. The van der Waals surface area contributed by atoms with Gasteiger partial charge < -0.3 is 9.88 Å². The largest absolute Gasteiger partial charge is 0.449 e. The number of alkyl halides is 3. The van der Waals surface area contributed by atoms with Crippen molar-refractivity contribution in [3.63, 3.8) is 0 Å². The smallest absolute Gasteiger partial charge is 0.320 e. The van der Waals surface area contributed by atoms with Crippen molar-refractivity contribution < 1.29 is 26.7 Å². The van der Waals surface area contributed by atoms with Crippen molar-refractivity contribution in [3.8, 4) is 0 Å². The topological polar surface area (TPSA) is 46.9 Å². The minimum Gasteiger partial charge on any atom is -0.320 e. The van der Waals surface area contributed by atoms with E-state index in [2.05, 4.69) is 4.98 Å². The van der Waals surface area contributed by atoms with Crippen LogP contribution in [0.3, 0.4) is 0 Å². The summed E-state index contributed by atoms with van der Waals surface area (Å²) >= 11 is 0. The number of carbonyl (C=O) groups excluding carboxylic acids is 1. The highest BCUT2D eigenvalue weighted by atomic mass is 19.4. The number of fused-ring (bicyclic) bond motifs is 1. The lowest BCUT2D eigenvalue weighted by Gasteiger charge is -2.12. The number of rotatable bonds is 3. The number of benzene rings is 2. The molecule has 1 aromatic heterocycles. The van der Waals surface area contributed by atoms with Crippen molar-refractivity contribution in [2.24, 2.45) is 0 Å². The van der Waals surface area contributed by atoms with Crippen LogP contribution < -0.4 is 5.32 Å². The number of amides is 1. The summed E-state index contributed by atoms with van der Waals surface area (Å²) < 4.78 is 67.2. The number of carbonyl (C=O) groups is 1. The monoisotopic (exact) mass is 355 g/mol. The molecule has 0 bridgehead atoms. The predicted molar refractivity (Wildman–Crippen MR) is 79.7 cm³/mol. The van der Waals surface area contributed by atoms with E-state index in [1.807, 2.05) is 5.32 Å². The zero-order chi connectivity index (χ0) is 18.2. The van der Waals surface area contributed by atoms with Crippen molar-refractivity contribution in [2.75, 3.05) is 5.32 Å². The number of halogens is 5. The molecule has 4 nitrogen and oxygen atoms in total. The number of hydrogen-bond donors (Lipinski definition) is 1. The first kappa shape index (κ1) is 16.9. The van der Waals surface area contributed by atoms with Crippen LogP contribution in [0.25, 0.3) is 11.0 Å². The maximum Gasteiger partial charge on any atom is 0.449 e. The van der Waals surface area contributed by atoms with E-state index in [0.29, 0.717) is 4.57 Å². The summed E-state index contributed by atoms with van der Waals surface area (Å²) in [6.45, 7) is -0.802. The third kappa shape index (κ3) is 3.30. The zero-order valence-corrected chi connectivity index (χ0v) is 12.4. The van der Waals surface area contributed by atoms with Gasteiger partial charge in [-0.05, 0) is 24.3 Å². The van der Waals surface area contributed by atoms with Gasteiger partial charge in [-0.1, -0.05) is 18.2 Å². The van der Waals surface area contributed by atoms with Gasteiger partial charge in [0.1, 0.15) is 23.9 Å². The van der Waals surface area contributed by atoms with E-state index in [1.165, 1.54) is 24.3 Å². The highest BCUT2D eigenvalue weighted by Crippen LogP contribution is 2.31. The van der Waals surface area contributed by atoms with Crippen LogP contribution in [0.2, 0.25) is 0 Å². The summed E-state index contributed by atoms with van der Waals surface area (Å²) in [5.41, 5.74) is -0.579. The molecule has 1 heterocycles. The lowest BCUT2D eigenvalue weighted by Crippen LogP contribution is -2.24. The molecular formula is C16H10F5N3O. The van der Waals surface area contributed by atoms with Crippen LogP contribution in [-0.2, 0) is 17.5 Å². The maximum absolute atomic E-state index is 13.6. The first-order valence-electron chi connectivity index (χ1n) is 7.03. The summed E-state index contributed by atoms with van der Waals surface area (Å²) in [5, 5.41) is 1.96. The first-order valence-corrected chi connectivity index (χ1v) is 7.03. The molecule has 130 valence electrons. The van der Waals surface area contributed by atoms with Gasteiger partial charge in [0.15, 0.2) is 0 Å². The van der Waals surface area contributed by atoms with Gasteiger partial charge in [0.05, 0.1) is 11.0 Å². The number of nitrogens with one attached hydrogen (secondary N) is 1. The van der Waals surface area contributed by atoms with Gasteiger partial charge in [0.25, 0.3) is 0 Å². The molecule has 0 aliphatic rings. The highest BCUT2D eigenvalue weighted by Gasteiger charge is 2.38. The van der Waals surface area contributed by atoms with Crippen molar-refractivity contribution in [1.82, 2.24) is 9.55 Å². The van der Waals surface area contributed by atoms with Crippen molar-refractivity contribution in [1.29, 1.82) is 0 Å². The van der Waals surface area contributed by atoms with E-state index < -0.39 is 41.8 Å². The van der Waals surface area contributed by atoms with Gasteiger partial charge in [0, 0.05) is 0 Å². The van der Waals surface area contributed by atoms with Gasteiger partial charge in [-0.25, -0.2) is 13.8 Å². The molecule has 0 aliphatic heterocycles. The van der Waals surface area contributed by atoms with E-state index >= 15 is 0 Å². The molecule has 0 radical (unpaired) electrons. The van der Waals surface area contributed by atoms with Crippen LogP contribution in [0.15, 0.2) is 42.5 Å². The Morgan fingerprint density at radius 2 is 1.68 bits per heavy atom. The van der Waals surface area contributed by atoms with Crippen molar-refractivity contribution in [3.05, 3.63) is 59.9 Å². The van der Waals surface area contributed by atoms with Gasteiger partial charge >= 0.3 is 6.18 Å². The van der Waals surface area contributed by atoms with Gasteiger partial charge in [-0.3, -0.25) is 4.79 Å². The summed E-state index contributed by atoms with van der Waals surface area (Å²) in [6, 6.07) is 8.69. The standard InChI is InChI=1S/C16H10F5N3O/c17-9-4-3-5-10(18)14(9)23-13(25)8-24-12-7-2-1-6-11(12)22-15(24)16(19,20)21/h1-7H,8H2,(H,23,25). The normalized spacial score (nSPS) is 11.7. The third-order valence-corrected chi connectivity index (χ3v) is 3.44. The van der Waals surface area contributed by atoms with E-state index in [0.717, 1.165) is 18.2 Å². The SMILES string of the molecule is O=C(Cn1c(C(F)(F)F)nc2ccccc21)Nc1c(F)cccc1F. The number of anilines is 1. The molecule has 0 saturated heterocycles. The fourth-order valence-electron chi connectivity index (χ4n) is 2.39. The fraction of sp³-hybridized carbons (Fsp3) is 0.125. The van der Waals surface area contributed by atoms with Crippen LogP contribution in [-0.4, -0.2) is 15.5 Å². The molecule has 0 aliphatic carbocycles. The Balaban J connectivity index is 1.96. The van der Waals surface area contributed by atoms with Crippen LogP contribution in [0.1, 0.15) is 5.82 Å². The molecule has 1 amide bonds. The van der Waals surface area contributed by atoms with E-state index in [4.69, 9.17) is 0 Å². The second-order valence-corrected chi connectivity index (χ2v) is 5.15. The maximum atomic E-state index is 13.6.